The zero-order chi connectivity index (χ0) is 18.5. The second kappa shape index (κ2) is 6.21. The highest BCUT2D eigenvalue weighted by molar-refractivity contribution is 7.89. The molecule has 1 unspecified atom stereocenters. The predicted octanol–water partition coefficient (Wildman–Crippen LogP) is 2.03. The van der Waals surface area contributed by atoms with E-state index in [2.05, 4.69) is 5.16 Å². The number of anilines is 1. The molecule has 4 rings (SSSR count). The highest BCUT2D eigenvalue weighted by Crippen LogP contribution is 2.34. The van der Waals surface area contributed by atoms with E-state index in [-0.39, 0.29) is 16.6 Å². The van der Waals surface area contributed by atoms with Gasteiger partial charge in [0.1, 0.15) is 16.6 Å². The summed E-state index contributed by atoms with van der Waals surface area (Å²) in [6.45, 7) is 4.11. The van der Waals surface area contributed by atoms with E-state index in [0.29, 0.717) is 31.6 Å². The van der Waals surface area contributed by atoms with E-state index in [9.17, 15) is 13.2 Å². The normalized spacial score (nSPS) is 20.5. The summed E-state index contributed by atoms with van der Waals surface area (Å²) in [6, 6.07) is 7.10. The SMILES string of the molecule is Cc1noc(C)c1S(=O)(=O)N1CCCC1C(=O)N1CCc2ccccc21. The summed E-state index contributed by atoms with van der Waals surface area (Å²) in [5.41, 5.74) is 2.34. The van der Waals surface area contributed by atoms with Crippen molar-refractivity contribution in [3.05, 3.63) is 41.3 Å². The van der Waals surface area contributed by atoms with Crippen molar-refractivity contribution in [1.29, 1.82) is 0 Å². The number of carbonyl (C=O) groups is 1. The van der Waals surface area contributed by atoms with Crippen LogP contribution in [0.15, 0.2) is 33.7 Å². The van der Waals surface area contributed by atoms with E-state index in [0.717, 1.165) is 17.7 Å². The lowest BCUT2D eigenvalue weighted by molar-refractivity contribution is -0.121. The summed E-state index contributed by atoms with van der Waals surface area (Å²) in [5, 5.41) is 3.75. The Morgan fingerprint density at radius 2 is 2.00 bits per heavy atom. The van der Waals surface area contributed by atoms with E-state index in [4.69, 9.17) is 4.52 Å². The fourth-order valence-electron chi connectivity index (χ4n) is 3.98. The van der Waals surface area contributed by atoms with Crippen molar-refractivity contribution in [2.45, 2.75) is 44.0 Å². The van der Waals surface area contributed by atoms with Crippen LogP contribution in [0.25, 0.3) is 0 Å². The monoisotopic (exact) mass is 375 g/mol. The number of aryl methyl sites for hydroxylation is 2. The van der Waals surface area contributed by atoms with Crippen molar-refractivity contribution in [2.24, 2.45) is 0 Å². The molecule has 1 aromatic heterocycles. The van der Waals surface area contributed by atoms with Gasteiger partial charge in [0.05, 0.1) is 0 Å². The maximum atomic E-state index is 13.2. The number of amides is 1. The summed E-state index contributed by atoms with van der Waals surface area (Å²) in [5.74, 6) is 0.106. The molecule has 0 radical (unpaired) electrons. The highest BCUT2D eigenvalue weighted by atomic mass is 32.2. The third kappa shape index (κ3) is 2.55. The minimum atomic E-state index is -3.83. The molecule has 7 nitrogen and oxygen atoms in total. The summed E-state index contributed by atoms with van der Waals surface area (Å²) < 4.78 is 32.7. The first-order valence-electron chi connectivity index (χ1n) is 8.75. The van der Waals surface area contributed by atoms with Crippen LogP contribution in [0.4, 0.5) is 5.69 Å². The van der Waals surface area contributed by atoms with Gasteiger partial charge in [-0.25, -0.2) is 8.42 Å². The molecule has 26 heavy (non-hydrogen) atoms. The maximum Gasteiger partial charge on any atom is 0.249 e. The topological polar surface area (TPSA) is 83.7 Å². The molecular weight excluding hydrogens is 354 g/mol. The molecule has 3 heterocycles. The Morgan fingerprint density at radius 1 is 1.23 bits per heavy atom. The fraction of sp³-hybridized carbons (Fsp3) is 0.444. The van der Waals surface area contributed by atoms with Crippen molar-refractivity contribution in [3.8, 4) is 0 Å². The van der Waals surface area contributed by atoms with E-state index in [1.54, 1.807) is 18.7 Å². The number of hydrogen-bond acceptors (Lipinski definition) is 5. The minimum absolute atomic E-state index is 0.0824. The molecule has 138 valence electrons. The molecule has 0 N–H and O–H groups in total. The Hall–Kier alpha value is -2.19. The Kier molecular flexibility index (Phi) is 4.11. The number of benzene rings is 1. The van der Waals surface area contributed by atoms with Crippen LogP contribution in [0.3, 0.4) is 0 Å². The molecule has 1 amide bonds. The first-order chi connectivity index (χ1) is 12.4. The zero-order valence-electron chi connectivity index (χ0n) is 14.8. The van der Waals surface area contributed by atoms with Gasteiger partial charge in [0.15, 0.2) is 5.76 Å². The minimum Gasteiger partial charge on any atom is -0.360 e. The van der Waals surface area contributed by atoms with Gasteiger partial charge in [-0.3, -0.25) is 4.79 Å². The van der Waals surface area contributed by atoms with Crippen LogP contribution in [-0.4, -0.2) is 42.9 Å². The van der Waals surface area contributed by atoms with Gasteiger partial charge in [-0.1, -0.05) is 23.4 Å². The second-order valence-electron chi connectivity index (χ2n) is 6.80. The first-order valence-corrected chi connectivity index (χ1v) is 10.2. The molecule has 2 aliphatic heterocycles. The Bertz CT molecular complexity index is 947. The third-order valence-corrected chi connectivity index (χ3v) is 7.33. The molecule has 1 fully saturated rings. The lowest BCUT2D eigenvalue weighted by atomic mass is 10.1. The van der Waals surface area contributed by atoms with Crippen LogP contribution in [-0.2, 0) is 21.2 Å². The third-order valence-electron chi connectivity index (χ3n) is 5.18. The van der Waals surface area contributed by atoms with E-state index in [1.165, 1.54) is 4.31 Å². The molecule has 8 heteroatoms. The van der Waals surface area contributed by atoms with Gasteiger partial charge in [-0.15, -0.1) is 0 Å². The van der Waals surface area contributed by atoms with Crippen molar-refractivity contribution in [2.75, 3.05) is 18.0 Å². The average molecular weight is 375 g/mol. The van der Waals surface area contributed by atoms with Crippen LogP contribution in [0.5, 0.6) is 0 Å². The smallest absolute Gasteiger partial charge is 0.249 e. The molecule has 2 aliphatic rings. The van der Waals surface area contributed by atoms with Gasteiger partial charge in [0, 0.05) is 18.8 Å². The number of sulfonamides is 1. The van der Waals surface area contributed by atoms with E-state index in [1.807, 2.05) is 24.3 Å². The number of para-hydroxylation sites is 1. The second-order valence-corrected chi connectivity index (χ2v) is 8.62. The average Bonchev–Trinajstić information content (AvgIpc) is 3.32. The number of nitrogens with zero attached hydrogens (tertiary/aromatic N) is 3. The quantitative estimate of drug-likeness (QED) is 0.820. The molecule has 0 aliphatic carbocycles. The molecule has 1 atom stereocenters. The van der Waals surface area contributed by atoms with Crippen molar-refractivity contribution in [3.63, 3.8) is 0 Å². The van der Waals surface area contributed by atoms with Crippen LogP contribution < -0.4 is 4.90 Å². The van der Waals surface area contributed by atoms with Crippen molar-refractivity contribution in [1.82, 2.24) is 9.46 Å². The highest BCUT2D eigenvalue weighted by Gasteiger charge is 2.44. The lowest BCUT2D eigenvalue weighted by Gasteiger charge is -2.27. The summed E-state index contributed by atoms with van der Waals surface area (Å²) in [4.78, 5) is 15.0. The molecular formula is C18H21N3O4S. The van der Waals surface area contributed by atoms with Gasteiger partial charge in [-0.2, -0.15) is 4.31 Å². The van der Waals surface area contributed by atoms with Gasteiger partial charge in [0.2, 0.25) is 15.9 Å². The number of aromatic nitrogens is 1. The van der Waals surface area contributed by atoms with Crippen LogP contribution >= 0.6 is 0 Å². The van der Waals surface area contributed by atoms with Crippen LogP contribution in [0, 0.1) is 13.8 Å². The molecule has 0 spiro atoms. The van der Waals surface area contributed by atoms with Crippen molar-refractivity contribution >= 4 is 21.6 Å². The number of rotatable bonds is 3. The predicted molar refractivity (Wildman–Crippen MR) is 95.4 cm³/mol. The number of fused-ring (bicyclic) bond motifs is 1. The number of carbonyl (C=O) groups excluding carboxylic acids is 1. The molecule has 0 saturated carbocycles. The Balaban J connectivity index is 1.67. The van der Waals surface area contributed by atoms with Gasteiger partial charge in [-0.05, 0) is 44.7 Å². The summed E-state index contributed by atoms with van der Waals surface area (Å²) in [6.07, 6.45) is 1.99. The Morgan fingerprint density at radius 3 is 2.73 bits per heavy atom. The van der Waals surface area contributed by atoms with Gasteiger partial charge >= 0.3 is 0 Å². The molecule has 1 aromatic carbocycles. The first kappa shape index (κ1) is 17.2. The molecule has 1 saturated heterocycles. The fourth-order valence-corrected chi connectivity index (χ4v) is 5.93. The summed E-state index contributed by atoms with van der Waals surface area (Å²) in [7, 11) is -3.83. The Labute approximate surface area is 152 Å². The number of hydrogen-bond donors (Lipinski definition) is 0. The lowest BCUT2D eigenvalue weighted by Crippen LogP contribution is -2.47. The van der Waals surface area contributed by atoms with Gasteiger partial charge in [0.25, 0.3) is 0 Å². The van der Waals surface area contributed by atoms with E-state index >= 15 is 0 Å². The summed E-state index contributed by atoms with van der Waals surface area (Å²) >= 11 is 0. The maximum absolute atomic E-state index is 13.2. The van der Waals surface area contributed by atoms with Gasteiger partial charge < -0.3 is 9.42 Å². The zero-order valence-corrected chi connectivity index (χ0v) is 15.6. The molecule has 0 bridgehead atoms. The van der Waals surface area contributed by atoms with Crippen LogP contribution in [0.2, 0.25) is 0 Å². The standard InChI is InChI=1S/C18H21N3O4S/c1-12-17(13(2)25-19-12)26(23,24)21-10-5-8-16(21)18(22)20-11-9-14-6-3-4-7-15(14)20/h3-4,6-7,16H,5,8-11H2,1-2H3. The van der Waals surface area contributed by atoms with Crippen molar-refractivity contribution < 1.29 is 17.7 Å². The molecule has 2 aromatic rings. The largest absolute Gasteiger partial charge is 0.360 e. The van der Waals surface area contributed by atoms with Crippen LogP contribution in [0.1, 0.15) is 29.9 Å². The van der Waals surface area contributed by atoms with E-state index < -0.39 is 16.1 Å².